The van der Waals surface area contributed by atoms with E-state index < -0.39 is 22.7 Å². The third-order valence-electron chi connectivity index (χ3n) is 8.02. The van der Waals surface area contributed by atoms with E-state index in [4.69, 9.17) is 9.47 Å². The summed E-state index contributed by atoms with van der Waals surface area (Å²) in [6.07, 6.45) is 1.95. The molecule has 5 rings (SSSR count). The Balaban J connectivity index is 1.29. The van der Waals surface area contributed by atoms with Crippen molar-refractivity contribution >= 4 is 12.1 Å². The SMILES string of the molecule is CCOC(=O)C1(c2ccc(-c3ccc(C(C)N4CCC(CC(C)(C)O)(c5ccccc5)OC4=O)cc3)nn2)CC1. The van der Waals surface area contributed by atoms with E-state index in [1.54, 1.807) is 25.7 Å². The molecule has 2 aromatic carbocycles. The van der Waals surface area contributed by atoms with Gasteiger partial charge in [-0.3, -0.25) is 4.79 Å². The number of rotatable bonds is 9. The van der Waals surface area contributed by atoms with Gasteiger partial charge < -0.3 is 19.5 Å². The third-order valence-corrected chi connectivity index (χ3v) is 8.02. The summed E-state index contributed by atoms with van der Waals surface area (Å²) in [7, 11) is 0. The van der Waals surface area contributed by atoms with Crippen LogP contribution in [0.3, 0.4) is 0 Å². The van der Waals surface area contributed by atoms with Crippen molar-refractivity contribution in [3.63, 3.8) is 0 Å². The fourth-order valence-corrected chi connectivity index (χ4v) is 5.70. The van der Waals surface area contributed by atoms with Crippen LogP contribution in [0.25, 0.3) is 11.3 Å². The summed E-state index contributed by atoms with van der Waals surface area (Å²) in [5.74, 6) is -0.229. The number of esters is 1. The Hall–Kier alpha value is -3.78. The predicted molar refractivity (Wildman–Crippen MR) is 150 cm³/mol. The molecule has 2 atom stereocenters. The molecule has 2 heterocycles. The monoisotopic (exact) mass is 543 g/mol. The number of cyclic esters (lactones) is 1. The first-order valence-corrected chi connectivity index (χ1v) is 14.0. The minimum Gasteiger partial charge on any atom is -0.465 e. The van der Waals surface area contributed by atoms with Gasteiger partial charge in [0.15, 0.2) is 0 Å². The fourth-order valence-electron chi connectivity index (χ4n) is 5.70. The van der Waals surface area contributed by atoms with E-state index in [1.165, 1.54) is 0 Å². The van der Waals surface area contributed by atoms with Crippen LogP contribution in [0, 0.1) is 0 Å². The molecule has 3 aromatic rings. The molecule has 1 aliphatic heterocycles. The molecule has 8 heteroatoms. The van der Waals surface area contributed by atoms with Crippen LogP contribution in [0.1, 0.15) is 76.2 Å². The Kier molecular flexibility index (Phi) is 7.40. The van der Waals surface area contributed by atoms with Crippen molar-refractivity contribution in [2.45, 2.75) is 76.0 Å². The topological polar surface area (TPSA) is 102 Å². The number of aliphatic hydroxyl groups is 1. The molecular formula is C32H37N3O5. The number of ether oxygens (including phenoxy) is 2. The zero-order valence-electron chi connectivity index (χ0n) is 23.6. The molecule has 8 nitrogen and oxygen atoms in total. The third kappa shape index (κ3) is 5.45. The Labute approximate surface area is 235 Å². The molecule has 1 saturated heterocycles. The maximum absolute atomic E-state index is 13.4. The Morgan fingerprint density at radius 2 is 1.75 bits per heavy atom. The van der Waals surface area contributed by atoms with Gasteiger partial charge >= 0.3 is 12.1 Å². The zero-order valence-corrected chi connectivity index (χ0v) is 23.6. The largest absolute Gasteiger partial charge is 0.465 e. The van der Waals surface area contributed by atoms with E-state index >= 15 is 0 Å². The summed E-state index contributed by atoms with van der Waals surface area (Å²) in [4.78, 5) is 27.5. The van der Waals surface area contributed by atoms with E-state index in [-0.39, 0.29) is 12.0 Å². The van der Waals surface area contributed by atoms with Gasteiger partial charge in [0.05, 0.1) is 29.6 Å². The molecule has 0 radical (unpaired) electrons. The van der Waals surface area contributed by atoms with Crippen LogP contribution in [-0.2, 0) is 25.3 Å². The first kappa shape index (κ1) is 27.8. The smallest absolute Gasteiger partial charge is 0.411 e. The summed E-state index contributed by atoms with van der Waals surface area (Å²) >= 11 is 0. The van der Waals surface area contributed by atoms with Crippen LogP contribution >= 0.6 is 0 Å². The van der Waals surface area contributed by atoms with Gasteiger partial charge in [0, 0.05) is 24.9 Å². The minimum atomic E-state index is -1.00. The van der Waals surface area contributed by atoms with Gasteiger partial charge in [0.2, 0.25) is 0 Å². The second kappa shape index (κ2) is 10.7. The van der Waals surface area contributed by atoms with Gasteiger partial charge in [-0.25, -0.2) is 4.79 Å². The van der Waals surface area contributed by atoms with Crippen molar-refractivity contribution in [2.75, 3.05) is 13.2 Å². The van der Waals surface area contributed by atoms with Gasteiger partial charge in [0.1, 0.15) is 11.0 Å². The first-order valence-electron chi connectivity index (χ1n) is 14.0. The predicted octanol–water partition coefficient (Wildman–Crippen LogP) is 5.70. The summed E-state index contributed by atoms with van der Waals surface area (Å²) in [5, 5.41) is 19.4. The molecule has 2 aliphatic rings. The van der Waals surface area contributed by atoms with Gasteiger partial charge in [-0.15, -0.1) is 0 Å². The number of hydrogen-bond donors (Lipinski definition) is 1. The highest BCUT2D eigenvalue weighted by Gasteiger charge is 2.54. The van der Waals surface area contributed by atoms with Gasteiger partial charge in [-0.05, 0) is 63.8 Å². The molecule has 1 aliphatic carbocycles. The first-order chi connectivity index (χ1) is 19.1. The van der Waals surface area contributed by atoms with Crippen LogP contribution in [0.5, 0.6) is 0 Å². The number of aromatic nitrogens is 2. The molecule has 1 saturated carbocycles. The number of carbonyl (C=O) groups is 2. The lowest BCUT2D eigenvalue weighted by Crippen LogP contribution is -2.51. The van der Waals surface area contributed by atoms with Crippen molar-refractivity contribution in [3.8, 4) is 11.3 Å². The zero-order chi connectivity index (χ0) is 28.5. The average molecular weight is 544 g/mol. The highest BCUT2D eigenvalue weighted by Crippen LogP contribution is 2.48. The molecule has 2 fully saturated rings. The van der Waals surface area contributed by atoms with Crippen molar-refractivity contribution in [1.82, 2.24) is 15.1 Å². The molecule has 2 unspecified atom stereocenters. The number of nitrogens with zero attached hydrogens (tertiary/aromatic N) is 3. The summed E-state index contributed by atoms with van der Waals surface area (Å²) < 4.78 is 11.4. The number of carbonyl (C=O) groups excluding carboxylic acids is 2. The van der Waals surface area contributed by atoms with Crippen molar-refractivity contribution in [1.29, 1.82) is 0 Å². The molecule has 1 aromatic heterocycles. The maximum Gasteiger partial charge on any atom is 0.411 e. The fraction of sp³-hybridized carbons (Fsp3) is 0.438. The number of benzene rings is 2. The normalized spacial score (nSPS) is 20.9. The molecular weight excluding hydrogens is 506 g/mol. The summed E-state index contributed by atoms with van der Waals surface area (Å²) in [6.45, 7) is 8.12. The van der Waals surface area contributed by atoms with Crippen LogP contribution < -0.4 is 0 Å². The highest BCUT2D eigenvalue weighted by atomic mass is 16.6. The number of amides is 1. The van der Waals surface area contributed by atoms with Crippen LogP contribution in [0.15, 0.2) is 66.7 Å². The van der Waals surface area contributed by atoms with E-state index in [0.29, 0.717) is 37.4 Å². The average Bonchev–Trinajstić information content (AvgIpc) is 3.75. The van der Waals surface area contributed by atoms with Crippen LogP contribution in [0.2, 0.25) is 0 Å². The second-order valence-corrected chi connectivity index (χ2v) is 11.6. The van der Waals surface area contributed by atoms with Crippen molar-refractivity contribution < 1.29 is 24.2 Å². The van der Waals surface area contributed by atoms with E-state index in [2.05, 4.69) is 10.2 Å². The lowest BCUT2D eigenvalue weighted by molar-refractivity contribution is -0.146. The molecule has 0 spiro atoms. The Bertz CT molecular complexity index is 1350. The lowest BCUT2D eigenvalue weighted by atomic mass is 9.80. The lowest BCUT2D eigenvalue weighted by Gasteiger charge is -2.45. The number of hydrogen-bond acceptors (Lipinski definition) is 7. The molecule has 1 N–H and O–H groups in total. The van der Waals surface area contributed by atoms with Crippen LogP contribution in [0.4, 0.5) is 4.79 Å². The van der Waals surface area contributed by atoms with Gasteiger partial charge in [-0.2, -0.15) is 10.2 Å². The van der Waals surface area contributed by atoms with Gasteiger partial charge in [-0.1, -0.05) is 54.6 Å². The molecule has 0 bridgehead atoms. The summed E-state index contributed by atoms with van der Waals surface area (Å²) in [6, 6.07) is 21.1. The highest BCUT2D eigenvalue weighted by molar-refractivity contribution is 5.86. The Morgan fingerprint density at radius 1 is 1.05 bits per heavy atom. The minimum absolute atomic E-state index is 0.203. The van der Waals surface area contributed by atoms with E-state index in [1.807, 2.05) is 73.7 Å². The molecule has 1 amide bonds. The Morgan fingerprint density at radius 3 is 2.30 bits per heavy atom. The standard InChI is InChI=1S/C32H37N3O5/c1-5-39-28(36)31(17-18-31)27-16-15-26(33-34-27)24-13-11-23(12-14-24)22(2)35-20-19-32(40-29(35)37,21-30(3,4)38)25-9-7-6-8-10-25/h6-16,22,38H,5,17-21H2,1-4H3. The van der Waals surface area contributed by atoms with E-state index in [9.17, 15) is 14.7 Å². The summed E-state index contributed by atoms with van der Waals surface area (Å²) in [5.41, 5.74) is 1.59. The quantitative estimate of drug-likeness (QED) is 0.346. The maximum atomic E-state index is 13.4. The molecule has 40 heavy (non-hydrogen) atoms. The van der Waals surface area contributed by atoms with Gasteiger partial charge in [0.25, 0.3) is 0 Å². The van der Waals surface area contributed by atoms with Crippen LogP contribution in [-0.4, -0.2) is 51.0 Å². The second-order valence-electron chi connectivity index (χ2n) is 11.6. The molecule has 210 valence electrons. The van der Waals surface area contributed by atoms with Crippen molar-refractivity contribution in [3.05, 3.63) is 83.6 Å². The van der Waals surface area contributed by atoms with E-state index in [0.717, 1.165) is 29.5 Å². The van der Waals surface area contributed by atoms with Crippen molar-refractivity contribution in [2.24, 2.45) is 0 Å².